The summed E-state index contributed by atoms with van der Waals surface area (Å²) in [5.74, 6) is 0. The molecular formula is C9H18FN. The number of alkyl halides is 1. The zero-order valence-corrected chi connectivity index (χ0v) is 7.28. The number of rotatable bonds is 3. The monoisotopic (exact) mass is 159 g/mol. The van der Waals surface area contributed by atoms with Crippen LogP contribution < -0.4 is 5.32 Å². The molecule has 0 aromatic heterocycles. The fraction of sp³-hybridized carbons (Fsp3) is 1.00. The Hall–Kier alpha value is -0.110. The van der Waals surface area contributed by atoms with Crippen LogP contribution >= 0.6 is 0 Å². The van der Waals surface area contributed by atoms with E-state index in [-0.39, 0.29) is 0 Å². The molecule has 0 aromatic rings. The maximum atomic E-state index is 12.4. The van der Waals surface area contributed by atoms with Crippen molar-refractivity contribution < 1.29 is 4.39 Å². The van der Waals surface area contributed by atoms with Crippen LogP contribution in [0.25, 0.3) is 0 Å². The molecule has 0 aliphatic carbocycles. The first kappa shape index (κ1) is 8.98. The van der Waals surface area contributed by atoms with Gasteiger partial charge in [-0.1, -0.05) is 6.42 Å². The molecule has 66 valence electrons. The molecule has 1 saturated heterocycles. The second kappa shape index (κ2) is 4.70. The minimum absolute atomic E-state index is 0.599. The van der Waals surface area contributed by atoms with E-state index >= 15 is 0 Å². The fourth-order valence-electron chi connectivity index (χ4n) is 1.60. The van der Waals surface area contributed by atoms with Gasteiger partial charge < -0.3 is 5.32 Å². The van der Waals surface area contributed by atoms with E-state index in [1.165, 1.54) is 19.3 Å². The molecule has 2 atom stereocenters. The molecule has 0 spiro atoms. The molecule has 1 aliphatic heterocycles. The molecule has 1 aliphatic rings. The minimum atomic E-state index is -0.626. The third kappa shape index (κ3) is 3.71. The van der Waals surface area contributed by atoms with Crippen molar-refractivity contribution in [3.8, 4) is 0 Å². The van der Waals surface area contributed by atoms with E-state index in [1.54, 1.807) is 6.92 Å². The molecular weight excluding hydrogens is 141 g/mol. The second-order valence-electron chi connectivity index (χ2n) is 3.50. The molecule has 2 unspecified atom stereocenters. The van der Waals surface area contributed by atoms with Crippen molar-refractivity contribution in [2.75, 3.05) is 6.54 Å². The highest BCUT2D eigenvalue weighted by Gasteiger charge is 2.12. The first-order chi connectivity index (χ1) is 5.29. The largest absolute Gasteiger partial charge is 0.314 e. The summed E-state index contributed by atoms with van der Waals surface area (Å²) in [5, 5.41) is 3.41. The lowest BCUT2D eigenvalue weighted by atomic mass is 10.00. The molecule has 0 bridgehead atoms. The molecule has 1 fully saturated rings. The van der Waals surface area contributed by atoms with Gasteiger partial charge in [0.1, 0.15) is 0 Å². The average molecular weight is 159 g/mol. The summed E-state index contributed by atoms with van der Waals surface area (Å²) >= 11 is 0. The zero-order chi connectivity index (χ0) is 8.10. The lowest BCUT2D eigenvalue weighted by molar-refractivity contribution is 0.296. The summed E-state index contributed by atoms with van der Waals surface area (Å²) in [7, 11) is 0. The standard InChI is InChI=1S/C9H18FN/c1-8(10)5-6-9-4-2-3-7-11-9/h8-9,11H,2-7H2,1H3. The Morgan fingerprint density at radius 3 is 2.91 bits per heavy atom. The van der Waals surface area contributed by atoms with Crippen LogP contribution in [0.5, 0.6) is 0 Å². The van der Waals surface area contributed by atoms with Gasteiger partial charge in [0.15, 0.2) is 0 Å². The highest BCUT2D eigenvalue weighted by molar-refractivity contribution is 4.72. The van der Waals surface area contributed by atoms with Crippen molar-refractivity contribution in [2.45, 2.75) is 51.2 Å². The third-order valence-corrected chi connectivity index (χ3v) is 2.33. The van der Waals surface area contributed by atoms with Gasteiger partial charge in [-0.3, -0.25) is 0 Å². The highest BCUT2D eigenvalue weighted by Crippen LogP contribution is 2.13. The molecule has 0 amide bonds. The summed E-state index contributed by atoms with van der Waals surface area (Å²) in [6, 6.07) is 0.599. The zero-order valence-electron chi connectivity index (χ0n) is 7.28. The van der Waals surface area contributed by atoms with Crippen LogP contribution in [-0.2, 0) is 0 Å². The summed E-state index contributed by atoms with van der Waals surface area (Å²) in [4.78, 5) is 0. The van der Waals surface area contributed by atoms with Crippen LogP contribution in [0.2, 0.25) is 0 Å². The Kier molecular flexibility index (Phi) is 3.84. The van der Waals surface area contributed by atoms with Crippen molar-refractivity contribution in [1.29, 1.82) is 0 Å². The van der Waals surface area contributed by atoms with E-state index in [9.17, 15) is 4.39 Å². The van der Waals surface area contributed by atoms with Crippen LogP contribution in [0.3, 0.4) is 0 Å². The SMILES string of the molecule is CC(F)CCC1CCCCN1. The lowest BCUT2D eigenvalue weighted by Gasteiger charge is -2.23. The molecule has 0 saturated carbocycles. The summed E-state index contributed by atoms with van der Waals surface area (Å²) in [6.45, 7) is 2.77. The van der Waals surface area contributed by atoms with Gasteiger partial charge in [-0.15, -0.1) is 0 Å². The predicted molar refractivity (Wildman–Crippen MR) is 45.4 cm³/mol. The van der Waals surface area contributed by atoms with Gasteiger partial charge in [-0.25, -0.2) is 4.39 Å². The molecule has 1 rings (SSSR count). The normalized spacial score (nSPS) is 28.4. The van der Waals surface area contributed by atoms with Crippen LogP contribution in [-0.4, -0.2) is 18.8 Å². The summed E-state index contributed by atoms with van der Waals surface area (Å²) < 4.78 is 12.4. The smallest absolute Gasteiger partial charge is 0.0974 e. The van der Waals surface area contributed by atoms with Crippen molar-refractivity contribution in [1.82, 2.24) is 5.32 Å². The number of nitrogens with one attached hydrogen (secondary N) is 1. The number of hydrogen-bond acceptors (Lipinski definition) is 1. The van der Waals surface area contributed by atoms with Crippen LogP contribution in [0.4, 0.5) is 4.39 Å². The quantitative estimate of drug-likeness (QED) is 0.666. The third-order valence-electron chi connectivity index (χ3n) is 2.33. The Labute approximate surface area is 68.4 Å². The summed E-state index contributed by atoms with van der Waals surface area (Å²) in [5.41, 5.74) is 0. The average Bonchev–Trinajstić information content (AvgIpc) is 2.03. The Morgan fingerprint density at radius 2 is 2.36 bits per heavy atom. The van der Waals surface area contributed by atoms with E-state index in [0.29, 0.717) is 6.04 Å². The van der Waals surface area contributed by atoms with Gasteiger partial charge in [0.2, 0.25) is 0 Å². The summed E-state index contributed by atoms with van der Waals surface area (Å²) in [6.07, 6.45) is 4.96. The van der Waals surface area contributed by atoms with Crippen molar-refractivity contribution in [2.24, 2.45) is 0 Å². The predicted octanol–water partition coefficient (Wildman–Crippen LogP) is 2.27. The van der Waals surface area contributed by atoms with E-state index < -0.39 is 6.17 Å². The van der Waals surface area contributed by atoms with E-state index in [2.05, 4.69) is 5.32 Å². The maximum absolute atomic E-state index is 12.4. The topological polar surface area (TPSA) is 12.0 Å². The molecule has 1 nitrogen and oxygen atoms in total. The van der Waals surface area contributed by atoms with Crippen LogP contribution in [0, 0.1) is 0 Å². The van der Waals surface area contributed by atoms with Gasteiger partial charge in [-0.05, 0) is 39.2 Å². The Balaban J connectivity index is 2.05. The second-order valence-corrected chi connectivity index (χ2v) is 3.50. The van der Waals surface area contributed by atoms with Crippen molar-refractivity contribution in [3.63, 3.8) is 0 Å². The number of hydrogen-bond donors (Lipinski definition) is 1. The molecule has 2 heteroatoms. The van der Waals surface area contributed by atoms with Gasteiger partial charge in [0.25, 0.3) is 0 Å². The Morgan fingerprint density at radius 1 is 1.55 bits per heavy atom. The molecule has 11 heavy (non-hydrogen) atoms. The van der Waals surface area contributed by atoms with Gasteiger partial charge in [-0.2, -0.15) is 0 Å². The van der Waals surface area contributed by atoms with E-state index in [4.69, 9.17) is 0 Å². The Bertz CT molecular complexity index is 97.7. The number of halogens is 1. The van der Waals surface area contributed by atoms with Crippen LogP contribution in [0.1, 0.15) is 39.0 Å². The van der Waals surface area contributed by atoms with Crippen molar-refractivity contribution >= 4 is 0 Å². The lowest BCUT2D eigenvalue weighted by Crippen LogP contribution is -2.34. The minimum Gasteiger partial charge on any atom is -0.314 e. The molecule has 1 heterocycles. The van der Waals surface area contributed by atoms with Crippen LogP contribution in [0.15, 0.2) is 0 Å². The van der Waals surface area contributed by atoms with E-state index in [0.717, 1.165) is 19.4 Å². The maximum Gasteiger partial charge on any atom is 0.0974 e. The van der Waals surface area contributed by atoms with E-state index in [1.807, 2.05) is 0 Å². The molecule has 0 aromatic carbocycles. The first-order valence-corrected chi connectivity index (χ1v) is 4.66. The van der Waals surface area contributed by atoms with Gasteiger partial charge in [0, 0.05) is 6.04 Å². The first-order valence-electron chi connectivity index (χ1n) is 4.66. The van der Waals surface area contributed by atoms with Crippen molar-refractivity contribution in [3.05, 3.63) is 0 Å². The molecule has 1 N–H and O–H groups in total. The highest BCUT2D eigenvalue weighted by atomic mass is 19.1. The van der Waals surface area contributed by atoms with Gasteiger partial charge in [0.05, 0.1) is 6.17 Å². The fourth-order valence-corrected chi connectivity index (χ4v) is 1.60. The number of piperidine rings is 1. The van der Waals surface area contributed by atoms with Gasteiger partial charge >= 0.3 is 0 Å². The molecule has 0 radical (unpaired) electrons.